The van der Waals surface area contributed by atoms with Gasteiger partial charge in [-0.1, -0.05) is 11.6 Å². The van der Waals surface area contributed by atoms with Crippen LogP contribution in [0.25, 0.3) is 10.9 Å². The third-order valence-corrected chi connectivity index (χ3v) is 5.96. The number of hydrogen-bond donors (Lipinski definition) is 1. The molecular formula is C24H20ClN3O4S. The fourth-order valence-electron chi connectivity index (χ4n) is 3.13. The minimum absolute atomic E-state index is 0.197. The molecule has 1 aromatic heterocycles. The Morgan fingerprint density at radius 2 is 1.70 bits per heavy atom. The maximum atomic E-state index is 12.4. The lowest BCUT2D eigenvalue weighted by molar-refractivity contribution is 0.269. The van der Waals surface area contributed by atoms with E-state index in [9.17, 15) is 4.79 Å². The number of aromatic nitrogens is 2. The van der Waals surface area contributed by atoms with Gasteiger partial charge >= 0.3 is 0 Å². The first kappa shape index (κ1) is 22.7. The van der Waals surface area contributed by atoms with Crippen LogP contribution in [0.15, 0.2) is 65.8 Å². The van der Waals surface area contributed by atoms with Crippen molar-refractivity contribution in [2.45, 2.75) is 11.8 Å². The maximum absolute atomic E-state index is 12.4. The molecule has 0 fully saturated rings. The van der Waals surface area contributed by atoms with Crippen LogP contribution in [-0.4, -0.2) is 29.4 Å². The number of rotatable bonds is 6. The molecule has 4 aromatic rings. The number of benzene rings is 3. The lowest BCUT2D eigenvalue weighted by Gasteiger charge is -2.12. The van der Waals surface area contributed by atoms with E-state index in [-0.39, 0.29) is 5.24 Å². The molecular weight excluding hydrogens is 462 g/mol. The summed E-state index contributed by atoms with van der Waals surface area (Å²) in [5.41, 5.74) is 2.25. The summed E-state index contributed by atoms with van der Waals surface area (Å²) >= 11 is 7.09. The average Bonchev–Trinajstić information content (AvgIpc) is 2.81. The average molecular weight is 482 g/mol. The Morgan fingerprint density at radius 1 is 0.970 bits per heavy atom. The number of aryl methyl sites for hydroxylation is 1. The highest BCUT2D eigenvalue weighted by molar-refractivity contribution is 8.14. The monoisotopic (exact) mass is 481 g/mol. The third kappa shape index (κ3) is 5.30. The Hall–Kier alpha value is -3.49. The molecule has 1 N–H and O–H groups in total. The van der Waals surface area contributed by atoms with E-state index in [1.54, 1.807) is 56.7 Å². The Kier molecular flexibility index (Phi) is 6.86. The van der Waals surface area contributed by atoms with Crippen molar-refractivity contribution in [2.24, 2.45) is 0 Å². The molecule has 0 aliphatic carbocycles. The molecule has 0 radical (unpaired) electrons. The highest BCUT2D eigenvalue weighted by Crippen LogP contribution is 2.36. The molecule has 1 amide bonds. The summed E-state index contributed by atoms with van der Waals surface area (Å²) in [6, 6.07) is 16.0. The highest BCUT2D eigenvalue weighted by atomic mass is 35.5. The number of carbonyl (C=O) groups is 1. The van der Waals surface area contributed by atoms with Gasteiger partial charge in [-0.15, -0.1) is 0 Å². The first-order valence-corrected chi connectivity index (χ1v) is 11.1. The number of anilines is 1. The quantitative estimate of drug-likeness (QED) is 0.306. The zero-order valence-electron chi connectivity index (χ0n) is 18.1. The van der Waals surface area contributed by atoms with Crippen LogP contribution in [0.2, 0.25) is 5.02 Å². The van der Waals surface area contributed by atoms with Gasteiger partial charge in [-0.3, -0.25) is 4.79 Å². The van der Waals surface area contributed by atoms with Crippen LogP contribution in [0.3, 0.4) is 0 Å². The Labute approximate surface area is 200 Å². The van der Waals surface area contributed by atoms with Gasteiger partial charge in [-0.2, -0.15) is 0 Å². The van der Waals surface area contributed by atoms with Crippen LogP contribution >= 0.6 is 23.4 Å². The van der Waals surface area contributed by atoms with Crippen molar-refractivity contribution >= 4 is 45.2 Å². The van der Waals surface area contributed by atoms with Gasteiger partial charge in [0.2, 0.25) is 5.88 Å². The van der Waals surface area contributed by atoms with E-state index >= 15 is 0 Å². The van der Waals surface area contributed by atoms with Gasteiger partial charge in [-0.05, 0) is 72.8 Å². The number of hydrogen-bond acceptors (Lipinski definition) is 7. The summed E-state index contributed by atoms with van der Waals surface area (Å²) < 4.78 is 16.7. The van der Waals surface area contributed by atoms with Crippen molar-refractivity contribution in [3.05, 3.63) is 71.5 Å². The molecule has 0 bridgehead atoms. The number of methoxy groups -OCH3 is 2. The normalized spacial score (nSPS) is 10.7. The number of amides is 1. The van der Waals surface area contributed by atoms with Gasteiger partial charge in [0.15, 0.2) is 11.5 Å². The number of halogens is 1. The van der Waals surface area contributed by atoms with E-state index in [0.717, 1.165) is 22.2 Å². The fraction of sp³-hybridized carbons (Fsp3) is 0.125. The highest BCUT2D eigenvalue weighted by Gasteiger charge is 2.13. The van der Waals surface area contributed by atoms with Crippen molar-refractivity contribution in [1.29, 1.82) is 0 Å². The molecule has 0 saturated heterocycles. The van der Waals surface area contributed by atoms with E-state index in [2.05, 4.69) is 15.3 Å². The van der Waals surface area contributed by atoms with Crippen LogP contribution in [0.5, 0.6) is 23.1 Å². The van der Waals surface area contributed by atoms with Gasteiger partial charge in [-0.25, -0.2) is 9.97 Å². The van der Waals surface area contributed by atoms with Gasteiger partial charge in [0, 0.05) is 21.7 Å². The summed E-state index contributed by atoms with van der Waals surface area (Å²) in [4.78, 5) is 21.8. The SMILES string of the molecule is COc1cc2ncnc(Oc3ccc(NC(=O)Sc4ccc(Cl)cc4C)cc3)c2cc1OC. The number of nitrogens with zero attached hydrogens (tertiary/aromatic N) is 2. The minimum Gasteiger partial charge on any atom is -0.493 e. The van der Waals surface area contributed by atoms with Crippen LogP contribution in [0.1, 0.15) is 5.56 Å². The van der Waals surface area contributed by atoms with Gasteiger partial charge in [0.1, 0.15) is 12.1 Å². The van der Waals surface area contributed by atoms with E-state index in [1.165, 1.54) is 6.33 Å². The molecule has 4 rings (SSSR count). The molecule has 168 valence electrons. The minimum atomic E-state index is -0.197. The predicted octanol–water partition coefficient (Wildman–Crippen LogP) is 6.73. The smallest absolute Gasteiger partial charge is 0.288 e. The van der Waals surface area contributed by atoms with Crippen molar-refractivity contribution in [3.63, 3.8) is 0 Å². The van der Waals surface area contributed by atoms with Gasteiger partial charge in [0.25, 0.3) is 5.24 Å². The summed E-state index contributed by atoms with van der Waals surface area (Å²) in [6.45, 7) is 1.91. The van der Waals surface area contributed by atoms with Gasteiger partial charge < -0.3 is 19.5 Å². The number of nitrogens with one attached hydrogen (secondary N) is 1. The molecule has 0 atom stereocenters. The Morgan fingerprint density at radius 3 is 2.39 bits per heavy atom. The lowest BCUT2D eigenvalue weighted by atomic mass is 10.2. The second-order valence-electron chi connectivity index (χ2n) is 6.95. The van der Waals surface area contributed by atoms with E-state index < -0.39 is 0 Å². The second kappa shape index (κ2) is 9.97. The summed E-state index contributed by atoms with van der Waals surface area (Å²) in [5, 5.41) is 3.99. The molecule has 3 aromatic carbocycles. The molecule has 33 heavy (non-hydrogen) atoms. The summed E-state index contributed by atoms with van der Waals surface area (Å²) in [5.74, 6) is 2.06. The molecule has 0 saturated carbocycles. The summed E-state index contributed by atoms with van der Waals surface area (Å²) in [6.07, 6.45) is 1.42. The molecule has 0 unspecified atom stereocenters. The molecule has 0 aliphatic rings. The van der Waals surface area contributed by atoms with Crippen LogP contribution in [0, 0.1) is 6.92 Å². The maximum Gasteiger partial charge on any atom is 0.288 e. The van der Waals surface area contributed by atoms with Crippen LogP contribution in [0.4, 0.5) is 10.5 Å². The van der Waals surface area contributed by atoms with Crippen LogP contribution < -0.4 is 19.5 Å². The van der Waals surface area contributed by atoms with Gasteiger partial charge in [0.05, 0.1) is 25.1 Å². The second-order valence-corrected chi connectivity index (χ2v) is 8.41. The number of thioether (sulfide) groups is 1. The third-order valence-electron chi connectivity index (χ3n) is 4.76. The van der Waals surface area contributed by atoms with Crippen molar-refractivity contribution in [1.82, 2.24) is 9.97 Å². The predicted molar refractivity (Wildman–Crippen MR) is 130 cm³/mol. The van der Waals surface area contributed by atoms with Crippen molar-refractivity contribution in [2.75, 3.05) is 19.5 Å². The molecule has 0 aliphatic heterocycles. The van der Waals surface area contributed by atoms with E-state index in [4.69, 9.17) is 25.8 Å². The van der Waals surface area contributed by atoms with Crippen molar-refractivity contribution < 1.29 is 19.0 Å². The molecule has 0 spiro atoms. The number of ether oxygens (including phenoxy) is 3. The first-order valence-electron chi connectivity index (χ1n) is 9.86. The Bertz CT molecular complexity index is 1320. The Balaban J connectivity index is 1.47. The largest absolute Gasteiger partial charge is 0.493 e. The van der Waals surface area contributed by atoms with Crippen LogP contribution in [-0.2, 0) is 0 Å². The molecule has 7 nitrogen and oxygen atoms in total. The first-order chi connectivity index (χ1) is 16.0. The number of carbonyl (C=O) groups excluding carboxylic acids is 1. The molecule has 1 heterocycles. The summed E-state index contributed by atoms with van der Waals surface area (Å²) in [7, 11) is 3.13. The number of fused-ring (bicyclic) bond motifs is 1. The van der Waals surface area contributed by atoms with E-state index in [1.807, 2.05) is 19.1 Å². The fourth-order valence-corrected chi connectivity index (χ4v) is 4.08. The zero-order chi connectivity index (χ0) is 23.4. The standard InChI is InChI=1S/C24H20ClN3O4S/c1-14-10-15(25)4-9-22(14)33-24(29)28-16-5-7-17(8-6-16)32-23-18-11-20(30-2)21(31-3)12-19(18)26-13-27-23/h4-13H,1-3H3,(H,28,29). The van der Waals surface area contributed by atoms with E-state index in [0.29, 0.717) is 44.7 Å². The van der Waals surface area contributed by atoms with Crippen molar-refractivity contribution in [3.8, 4) is 23.1 Å². The lowest BCUT2D eigenvalue weighted by Crippen LogP contribution is -2.04. The zero-order valence-corrected chi connectivity index (χ0v) is 19.7. The topological polar surface area (TPSA) is 82.6 Å². The molecule has 9 heteroatoms.